The molecule has 1 saturated heterocycles. The van der Waals surface area contributed by atoms with Crippen LogP contribution in [0.25, 0.3) is 0 Å². The molecule has 2 aliphatic rings. The van der Waals surface area contributed by atoms with Crippen molar-refractivity contribution in [1.82, 2.24) is 20.3 Å². The fourth-order valence-corrected chi connectivity index (χ4v) is 6.07. The Bertz CT molecular complexity index is 1590. The molecule has 3 N–H and O–H groups in total. The standard InChI is InChI=1S/C29H28N4O6S/c1-18-7-10-22(11-8-18)40(38,39)32-26(20-5-3-2-4-6-20)28(36)30-16-19-9-12-23-21(15-19)17-33(29(23)37)24-13-14-25(34)31-27(24)35/h2-12,15,24,26,32H,13-14,16-17H2,1H3,(H,30,36)(H,31,34,35). The van der Waals surface area contributed by atoms with Gasteiger partial charge in [0.05, 0.1) is 4.90 Å². The van der Waals surface area contributed by atoms with E-state index in [0.717, 1.165) is 5.56 Å². The molecule has 0 saturated carbocycles. The van der Waals surface area contributed by atoms with E-state index < -0.39 is 33.9 Å². The number of hydrogen-bond acceptors (Lipinski definition) is 6. The summed E-state index contributed by atoms with van der Waals surface area (Å²) in [6, 6.07) is 18.2. The number of fused-ring (bicyclic) bond motifs is 1. The van der Waals surface area contributed by atoms with Gasteiger partial charge in [-0.1, -0.05) is 60.2 Å². The Labute approximate surface area is 231 Å². The van der Waals surface area contributed by atoms with Gasteiger partial charge in [-0.2, -0.15) is 4.72 Å². The van der Waals surface area contributed by atoms with Gasteiger partial charge < -0.3 is 10.2 Å². The lowest BCUT2D eigenvalue weighted by Gasteiger charge is -2.29. The van der Waals surface area contributed by atoms with Crippen LogP contribution < -0.4 is 15.4 Å². The number of piperidine rings is 1. The molecule has 2 unspecified atom stereocenters. The van der Waals surface area contributed by atoms with Crippen LogP contribution in [0.5, 0.6) is 0 Å². The highest BCUT2D eigenvalue weighted by Gasteiger charge is 2.39. The van der Waals surface area contributed by atoms with E-state index in [0.29, 0.717) is 22.3 Å². The summed E-state index contributed by atoms with van der Waals surface area (Å²) in [5, 5.41) is 5.09. The monoisotopic (exact) mass is 560 g/mol. The molecule has 3 aromatic rings. The molecule has 1 fully saturated rings. The van der Waals surface area contributed by atoms with Crippen LogP contribution in [0.3, 0.4) is 0 Å². The molecule has 0 spiro atoms. The molecular formula is C29H28N4O6S. The van der Waals surface area contributed by atoms with E-state index in [1.165, 1.54) is 17.0 Å². The van der Waals surface area contributed by atoms with E-state index in [-0.39, 0.29) is 42.6 Å². The molecule has 5 rings (SSSR count). The number of nitrogens with zero attached hydrogens (tertiary/aromatic N) is 1. The molecule has 2 atom stereocenters. The molecule has 0 bridgehead atoms. The van der Waals surface area contributed by atoms with Crippen molar-refractivity contribution >= 4 is 33.7 Å². The van der Waals surface area contributed by atoms with Crippen LogP contribution in [0, 0.1) is 6.92 Å². The molecule has 2 heterocycles. The minimum atomic E-state index is -4.00. The summed E-state index contributed by atoms with van der Waals surface area (Å²) in [5.74, 6) is -1.65. The second-order valence-electron chi connectivity index (χ2n) is 9.89. The number of hydrogen-bond donors (Lipinski definition) is 3. The van der Waals surface area contributed by atoms with E-state index in [9.17, 15) is 27.6 Å². The van der Waals surface area contributed by atoms with Crippen LogP contribution in [-0.2, 0) is 37.5 Å². The summed E-state index contributed by atoms with van der Waals surface area (Å²) in [7, 11) is -4.00. The minimum Gasteiger partial charge on any atom is -0.350 e. The number of sulfonamides is 1. The van der Waals surface area contributed by atoms with E-state index >= 15 is 0 Å². The molecule has 0 radical (unpaired) electrons. The fraction of sp³-hybridized carbons (Fsp3) is 0.241. The van der Waals surface area contributed by atoms with Crippen LogP contribution >= 0.6 is 0 Å². The topological polar surface area (TPSA) is 142 Å². The summed E-state index contributed by atoms with van der Waals surface area (Å²) >= 11 is 0. The van der Waals surface area contributed by atoms with Gasteiger partial charge in [0.25, 0.3) is 5.91 Å². The van der Waals surface area contributed by atoms with Crippen LogP contribution in [0.2, 0.25) is 0 Å². The molecular weight excluding hydrogens is 532 g/mol. The highest BCUT2D eigenvalue weighted by atomic mass is 32.2. The summed E-state index contributed by atoms with van der Waals surface area (Å²) in [4.78, 5) is 51.6. The molecule has 0 aromatic heterocycles. The van der Waals surface area contributed by atoms with Crippen molar-refractivity contribution in [3.63, 3.8) is 0 Å². The van der Waals surface area contributed by atoms with Crippen LogP contribution in [0.15, 0.2) is 77.7 Å². The zero-order valence-corrected chi connectivity index (χ0v) is 22.5. The number of carbonyl (C=O) groups excluding carboxylic acids is 4. The van der Waals surface area contributed by atoms with Gasteiger partial charge in [0.2, 0.25) is 27.7 Å². The van der Waals surface area contributed by atoms with E-state index in [1.807, 2.05) is 6.92 Å². The first-order valence-electron chi connectivity index (χ1n) is 12.8. The molecule has 10 nitrogen and oxygen atoms in total. The summed E-state index contributed by atoms with van der Waals surface area (Å²) < 4.78 is 28.7. The first kappa shape index (κ1) is 27.2. The zero-order chi connectivity index (χ0) is 28.4. The van der Waals surface area contributed by atoms with Gasteiger partial charge in [0.15, 0.2) is 0 Å². The maximum Gasteiger partial charge on any atom is 0.255 e. The maximum absolute atomic E-state index is 13.3. The number of nitrogens with one attached hydrogen (secondary N) is 3. The second-order valence-corrected chi connectivity index (χ2v) is 11.6. The van der Waals surface area contributed by atoms with Crippen LogP contribution in [0.4, 0.5) is 0 Å². The highest BCUT2D eigenvalue weighted by molar-refractivity contribution is 7.89. The van der Waals surface area contributed by atoms with Crippen molar-refractivity contribution in [2.24, 2.45) is 0 Å². The molecule has 4 amide bonds. The van der Waals surface area contributed by atoms with Gasteiger partial charge in [-0.25, -0.2) is 8.42 Å². The van der Waals surface area contributed by atoms with Gasteiger partial charge in [0, 0.05) is 25.1 Å². The Morgan fingerprint density at radius 1 is 1.02 bits per heavy atom. The second kappa shape index (κ2) is 11.0. The van der Waals surface area contributed by atoms with Gasteiger partial charge in [-0.3, -0.25) is 24.5 Å². The van der Waals surface area contributed by atoms with E-state index in [1.54, 1.807) is 60.7 Å². The smallest absolute Gasteiger partial charge is 0.255 e. The lowest BCUT2D eigenvalue weighted by molar-refractivity contribution is -0.137. The van der Waals surface area contributed by atoms with Gasteiger partial charge in [-0.15, -0.1) is 0 Å². The number of imide groups is 1. The first-order chi connectivity index (χ1) is 19.1. The van der Waals surface area contributed by atoms with Gasteiger partial charge in [0.1, 0.15) is 12.1 Å². The lowest BCUT2D eigenvalue weighted by Crippen LogP contribution is -2.52. The molecule has 40 heavy (non-hydrogen) atoms. The third-order valence-corrected chi connectivity index (χ3v) is 8.49. The van der Waals surface area contributed by atoms with Crippen molar-refractivity contribution in [3.8, 4) is 0 Å². The number of amides is 4. The Hall–Kier alpha value is -4.35. The predicted octanol–water partition coefficient (Wildman–Crippen LogP) is 2.09. The van der Waals surface area contributed by atoms with E-state index in [2.05, 4.69) is 15.4 Å². The Morgan fingerprint density at radius 3 is 2.45 bits per heavy atom. The molecule has 3 aromatic carbocycles. The quantitative estimate of drug-likeness (QED) is 0.360. The van der Waals surface area contributed by atoms with Crippen molar-refractivity contribution in [3.05, 3.63) is 101 Å². The predicted molar refractivity (Wildman–Crippen MR) is 145 cm³/mol. The third-order valence-electron chi connectivity index (χ3n) is 7.05. The SMILES string of the molecule is Cc1ccc(S(=O)(=O)NC(C(=O)NCc2ccc3c(c2)CN(C2CCC(=O)NC2=O)C3=O)c2ccccc2)cc1. The maximum atomic E-state index is 13.3. The number of benzene rings is 3. The molecule has 11 heteroatoms. The average molecular weight is 561 g/mol. The van der Waals surface area contributed by atoms with Crippen molar-refractivity contribution < 1.29 is 27.6 Å². The molecule has 2 aliphatic heterocycles. The third kappa shape index (κ3) is 5.65. The van der Waals surface area contributed by atoms with E-state index in [4.69, 9.17) is 0 Å². The van der Waals surface area contributed by atoms with Crippen LogP contribution in [0.1, 0.15) is 51.5 Å². The minimum absolute atomic E-state index is 0.0516. The highest BCUT2D eigenvalue weighted by Crippen LogP contribution is 2.28. The average Bonchev–Trinajstić information content (AvgIpc) is 3.26. The first-order valence-corrected chi connectivity index (χ1v) is 14.3. The Morgan fingerprint density at radius 2 is 1.75 bits per heavy atom. The number of aryl methyl sites for hydroxylation is 1. The molecule has 0 aliphatic carbocycles. The lowest BCUT2D eigenvalue weighted by atomic mass is 10.0. The largest absolute Gasteiger partial charge is 0.350 e. The Kier molecular flexibility index (Phi) is 7.51. The fourth-order valence-electron chi connectivity index (χ4n) is 4.89. The van der Waals surface area contributed by atoms with Crippen molar-refractivity contribution in [1.29, 1.82) is 0 Å². The normalized spacial score (nSPS) is 17.8. The number of carbonyl (C=O) groups is 4. The Balaban J connectivity index is 1.30. The van der Waals surface area contributed by atoms with Gasteiger partial charge >= 0.3 is 0 Å². The summed E-state index contributed by atoms with van der Waals surface area (Å²) in [6.45, 7) is 2.16. The summed E-state index contributed by atoms with van der Waals surface area (Å²) in [6.07, 6.45) is 0.441. The molecule has 206 valence electrons. The van der Waals surface area contributed by atoms with Crippen molar-refractivity contribution in [2.75, 3.05) is 0 Å². The van der Waals surface area contributed by atoms with Crippen LogP contribution in [-0.4, -0.2) is 43.0 Å². The van der Waals surface area contributed by atoms with Gasteiger partial charge in [-0.05, 0) is 48.2 Å². The zero-order valence-electron chi connectivity index (χ0n) is 21.7. The number of rotatable bonds is 8. The summed E-state index contributed by atoms with van der Waals surface area (Å²) in [5.41, 5.74) is 3.27. The van der Waals surface area contributed by atoms with Crippen molar-refractivity contribution in [2.45, 2.75) is 49.8 Å².